The summed E-state index contributed by atoms with van der Waals surface area (Å²) in [7, 11) is 0. The second-order valence-corrected chi connectivity index (χ2v) is 13.5. The number of carbonyl (C=O) groups is 1. The average molecular weight is 589 g/mol. The Kier molecular flexibility index (Phi) is 12.6. The number of hydrogen-bond donors (Lipinski definition) is 1. The van der Waals surface area contributed by atoms with Gasteiger partial charge in [-0.2, -0.15) is 0 Å². The summed E-state index contributed by atoms with van der Waals surface area (Å²) in [6.07, 6.45) is 23.6. The fourth-order valence-electron chi connectivity index (χ4n) is 8.08. The van der Waals surface area contributed by atoms with Gasteiger partial charge in [0.1, 0.15) is 5.76 Å². The van der Waals surface area contributed by atoms with Crippen molar-refractivity contribution in [3.8, 4) is 0 Å². The van der Waals surface area contributed by atoms with Crippen molar-refractivity contribution in [1.82, 2.24) is 0 Å². The van der Waals surface area contributed by atoms with Crippen molar-refractivity contribution in [2.45, 2.75) is 135 Å². The molecule has 5 rings (SSSR count). The molecule has 2 heterocycles. The van der Waals surface area contributed by atoms with E-state index in [0.29, 0.717) is 18.4 Å². The molecule has 0 amide bonds. The number of hydrogen-bond acceptors (Lipinski definition) is 7. The fourth-order valence-corrected chi connectivity index (χ4v) is 8.08. The second kappa shape index (κ2) is 16.6. The van der Waals surface area contributed by atoms with Crippen LogP contribution in [-0.4, -0.2) is 56.2 Å². The summed E-state index contributed by atoms with van der Waals surface area (Å²) in [4.78, 5) is 11.1. The zero-order valence-corrected chi connectivity index (χ0v) is 26.0. The Hall–Kier alpha value is -1.41. The van der Waals surface area contributed by atoms with E-state index < -0.39 is 0 Å². The fraction of sp³-hybridized carbons (Fsp3) is 0.857. The highest BCUT2D eigenvalue weighted by Crippen LogP contribution is 2.53. The summed E-state index contributed by atoms with van der Waals surface area (Å²) in [5.41, 5.74) is 1.39. The third-order valence-corrected chi connectivity index (χ3v) is 10.4. The van der Waals surface area contributed by atoms with E-state index >= 15 is 0 Å². The van der Waals surface area contributed by atoms with Crippen LogP contribution in [-0.2, 0) is 28.5 Å². The van der Waals surface area contributed by atoms with Gasteiger partial charge in [-0.25, -0.2) is 0 Å². The molecule has 5 aliphatic rings. The van der Waals surface area contributed by atoms with Crippen LogP contribution in [0.4, 0.5) is 0 Å². The highest BCUT2D eigenvalue weighted by molar-refractivity contribution is 5.65. The van der Waals surface area contributed by atoms with E-state index in [9.17, 15) is 9.90 Å². The standard InChI is InChI=1S/C35H56O7/c1-25(37)38-18-8-5-13-27(24-36)28-21-29-23-32(42-34-15-7-10-20-40-34)35(30(29)22-28)31(41-33-14-6-9-19-39-33)17-16-26-11-3-2-4-12-26/h17,22,26-27,29-30,32-36H,2-16,18-21,23-24H2,1H3/t27?,29?,30?,32-,33?,34?,35+/m0/s1. The molecule has 0 spiro atoms. The van der Waals surface area contributed by atoms with Gasteiger partial charge in [0.15, 0.2) is 12.6 Å². The van der Waals surface area contributed by atoms with Crippen molar-refractivity contribution in [3.63, 3.8) is 0 Å². The molecule has 0 aromatic heterocycles. The Balaban J connectivity index is 1.34. The van der Waals surface area contributed by atoms with E-state index in [1.807, 2.05) is 0 Å². The third kappa shape index (κ3) is 9.06. The number of ether oxygens (including phenoxy) is 5. The highest BCUT2D eigenvalue weighted by atomic mass is 16.7. The molecule has 7 heteroatoms. The maximum absolute atomic E-state index is 11.1. The topological polar surface area (TPSA) is 83.5 Å². The van der Waals surface area contributed by atoms with Crippen LogP contribution in [0, 0.1) is 29.6 Å². The Bertz CT molecular complexity index is 882. The molecule has 0 aromatic carbocycles. The normalized spacial score (nSPS) is 33.2. The molecule has 4 fully saturated rings. The number of rotatable bonds is 14. The van der Waals surface area contributed by atoms with Crippen LogP contribution in [0.2, 0.25) is 0 Å². The molecular weight excluding hydrogens is 532 g/mol. The summed E-state index contributed by atoms with van der Waals surface area (Å²) in [6, 6.07) is 0. The molecule has 7 atom stereocenters. The molecule has 0 aromatic rings. The van der Waals surface area contributed by atoms with Crippen molar-refractivity contribution in [2.75, 3.05) is 26.4 Å². The average Bonchev–Trinajstić information content (AvgIpc) is 3.56. The van der Waals surface area contributed by atoms with Crippen LogP contribution < -0.4 is 0 Å². The predicted molar refractivity (Wildman–Crippen MR) is 161 cm³/mol. The van der Waals surface area contributed by atoms with Gasteiger partial charge in [-0.1, -0.05) is 43.8 Å². The van der Waals surface area contributed by atoms with Crippen LogP contribution in [0.5, 0.6) is 0 Å². The molecule has 3 aliphatic carbocycles. The first kappa shape index (κ1) is 32.0. The van der Waals surface area contributed by atoms with Gasteiger partial charge >= 0.3 is 5.97 Å². The van der Waals surface area contributed by atoms with Gasteiger partial charge < -0.3 is 28.8 Å². The molecule has 7 nitrogen and oxygen atoms in total. The van der Waals surface area contributed by atoms with Crippen LogP contribution in [0.25, 0.3) is 0 Å². The monoisotopic (exact) mass is 588 g/mol. The SMILES string of the molecule is CC(=O)OCCCCC(CO)C1=CC2C(C1)C[C@H](OC1CCCCO1)[C@H]2C(=CCC1CCCCC1)OC1CCCCO1. The van der Waals surface area contributed by atoms with Gasteiger partial charge in [0, 0.05) is 38.4 Å². The van der Waals surface area contributed by atoms with Gasteiger partial charge in [-0.3, -0.25) is 4.79 Å². The highest BCUT2D eigenvalue weighted by Gasteiger charge is 2.50. The maximum atomic E-state index is 11.1. The lowest BCUT2D eigenvalue weighted by atomic mass is 9.85. The van der Waals surface area contributed by atoms with Gasteiger partial charge in [-0.15, -0.1) is 0 Å². The molecule has 2 saturated carbocycles. The van der Waals surface area contributed by atoms with E-state index in [2.05, 4.69) is 12.2 Å². The molecule has 0 bridgehead atoms. The number of esters is 1. The van der Waals surface area contributed by atoms with Crippen molar-refractivity contribution >= 4 is 5.97 Å². The molecule has 2 aliphatic heterocycles. The zero-order valence-electron chi connectivity index (χ0n) is 26.0. The number of aliphatic hydroxyl groups is 1. The molecule has 238 valence electrons. The molecule has 2 saturated heterocycles. The molecular formula is C35H56O7. The van der Waals surface area contributed by atoms with E-state index in [0.717, 1.165) is 102 Å². The van der Waals surface area contributed by atoms with Crippen LogP contribution in [0.3, 0.4) is 0 Å². The lowest BCUT2D eigenvalue weighted by Gasteiger charge is -2.34. The smallest absolute Gasteiger partial charge is 0.302 e. The lowest BCUT2D eigenvalue weighted by molar-refractivity contribution is -0.200. The van der Waals surface area contributed by atoms with Crippen molar-refractivity contribution in [1.29, 1.82) is 0 Å². The predicted octanol–water partition coefficient (Wildman–Crippen LogP) is 7.22. The minimum atomic E-state index is -0.227. The first-order valence-corrected chi connectivity index (χ1v) is 17.3. The van der Waals surface area contributed by atoms with Crippen LogP contribution >= 0.6 is 0 Å². The summed E-state index contributed by atoms with van der Waals surface area (Å²) in [5.74, 6) is 2.73. The number of aliphatic hydroxyl groups excluding tert-OH is 1. The van der Waals surface area contributed by atoms with Gasteiger partial charge in [-0.05, 0) is 94.5 Å². The largest absolute Gasteiger partial charge is 0.469 e. The summed E-state index contributed by atoms with van der Waals surface area (Å²) in [5, 5.41) is 10.4. The molecule has 0 radical (unpaired) electrons. The maximum Gasteiger partial charge on any atom is 0.302 e. The van der Waals surface area contributed by atoms with Gasteiger partial charge in [0.25, 0.3) is 0 Å². The third-order valence-electron chi connectivity index (χ3n) is 10.4. The quantitative estimate of drug-likeness (QED) is 0.0993. The van der Waals surface area contributed by atoms with Crippen molar-refractivity contribution in [2.24, 2.45) is 29.6 Å². The first-order chi connectivity index (χ1) is 20.6. The Labute approximate surface area is 253 Å². The van der Waals surface area contributed by atoms with E-state index in [1.165, 1.54) is 44.6 Å². The number of fused-ring (bicyclic) bond motifs is 1. The minimum absolute atomic E-state index is 0.0680. The Morgan fingerprint density at radius 2 is 1.74 bits per heavy atom. The summed E-state index contributed by atoms with van der Waals surface area (Å²) < 4.78 is 30.9. The molecule has 1 N–H and O–H groups in total. The lowest BCUT2D eigenvalue weighted by Crippen LogP contribution is -2.34. The van der Waals surface area contributed by atoms with E-state index in [-0.39, 0.29) is 43.1 Å². The second-order valence-electron chi connectivity index (χ2n) is 13.5. The Morgan fingerprint density at radius 1 is 1.00 bits per heavy atom. The summed E-state index contributed by atoms with van der Waals surface area (Å²) in [6.45, 7) is 3.63. The number of unbranched alkanes of at least 4 members (excludes halogenated alkanes) is 1. The van der Waals surface area contributed by atoms with Crippen LogP contribution in [0.1, 0.15) is 116 Å². The first-order valence-electron chi connectivity index (χ1n) is 17.3. The van der Waals surface area contributed by atoms with Crippen LogP contribution in [0.15, 0.2) is 23.5 Å². The number of allylic oxidation sites excluding steroid dienone is 2. The zero-order chi connectivity index (χ0) is 29.1. The molecule has 5 unspecified atom stereocenters. The Morgan fingerprint density at radius 3 is 2.43 bits per heavy atom. The summed E-state index contributed by atoms with van der Waals surface area (Å²) >= 11 is 0. The number of carbonyl (C=O) groups excluding carboxylic acids is 1. The van der Waals surface area contributed by atoms with Crippen molar-refractivity contribution in [3.05, 3.63) is 23.5 Å². The van der Waals surface area contributed by atoms with E-state index in [1.54, 1.807) is 0 Å². The van der Waals surface area contributed by atoms with E-state index in [4.69, 9.17) is 23.7 Å². The van der Waals surface area contributed by atoms with Gasteiger partial charge in [0.2, 0.25) is 0 Å². The van der Waals surface area contributed by atoms with Gasteiger partial charge in [0.05, 0.1) is 19.3 Å². The van der Waals surface area contributed by atoms with Crippen molar-refractivity contribution < 1.29 is 33.6 Å². The minimum Gasteiger partial charge on any atom is -0.469 e. The molecule has 42 heavy (non-hydrogen) atoms.